The molecule has 0 bridgehead atoms. The van der Waals surface area contributed by atoms with Crippen LogP contribution < -0.4 is 0 Å². The quantitative estimate of drug-likeness (QED) is 0.485. The van der Waals surface area contributed by atoms with Gasteiger partial charge in [-0.1, -0.05) is 0 Å². The summed E-state index contributed by atoms with van der Waals surface area (Å²) < 4.78 is 26.8. The number of hydrogen-bond donors (Lipinski definition) is 0. The van der Waals surface area contributed by atoms with Crippen LogP contribution in [-0.2, 0) is 4.79 Å². The van der Waals surface area contributed by atoms with Crippen molar-refractivity contribution in [2.24, 2.45) is 0 Å². The third-order valence-electron chi connectivity index (χ3n) is 1.87. The highest BCUT2D eigenvalue weighted by molar-refractivity contribution is 9.10. The van der Waals surface area contributed by atoms with Crippen molar-refractivity contribution >= 4 is 27.8 Å². The van der Waals surface area contributed by atoms with E-state index in [-0.39, 0.29) is 15.6 Å². The van der Waals surface area contributed by atoms with Crippen LogP contribution in [0.25, 0.3) is 5.57 Å². The number of hydrogen-bond acceptors (Lipinski definition) is 2. The molecule has 1 aromatic rings. The molecule has 0 heterocycles. The van der Waals surface area contributed by atoms with E-state index in [1.807, 2.05) is 0 Å². The number of nitrogens with zero attached hydrogens (tertiary/aromatic N) is 1. The van der Waals surface area contributed by atoms with Crippen LogP contribution in [0.2, 0.25) is 0 Å². The summed E-state index contributed by atoms with van der Waals surface area (Å²) in [6.45, 7) is 0. The summed E-state index contributed by atoms with van der Waals surface area (Å²) in [4.78, 5) is 12.4. The Hall–Kier alpha value is -1.23. The molecule has 0 fully saturated rings. The van der Waals surface area contributed by atoms with Gasteiger partial charge in [-0.05, 0) is 28.1 Å². The first-order valence-corrected chi connectivity index (χ1v) is 5.24. The molecule has 0 aliphatic heterocycles. The van der Waals surface area contributed by atoms with E-state index in [0.29, 0.717) is 6.29 Å². The molecule has 0 atom stereocenters. The smallest absolute Gasteiger partial charge is 0.173 e. The third kappa shape index (κ3) is 2.66. The van der Waals surface area contributed by atoms with Gasteiger partial charge in [0.25, 0.3) is 0 Å². The number of benzene rings is 1. The van der Waals surface area contributed by atoms with Gasteiger partial charge in [0.15, 0.2) is 17.9 Å². The minimum Gasteiger partial charge on any atom is -0.383 e. The Morgan fingerprint density at radius 1 is 1.31 bits per heavy atom. The van der Waals surface area contributed by atoms with Crippen LogP contribution in [0.4, 0.5) is 8.78 Å². The molecular weight excluding hydrogens is 280 g/mol. The second-order valence-electron chi connectivity index (χ2n) is 3.39. The fourth-order valence-electron chi connectivity index (χ4n) is 1.19. The fourth-order valence-corrected chi connectivity index (χ4v) is 1.50. The van der Waals surface area contributed by atoms with E-state index in [2.05, 4.69) is 15.9 Å². The highest BCUT2D eigenvalue weighted by Crippen LogP contribution is 2.25. The lowest BCUT2D eigenvalue weighted by Gasteiger charge is -2.09. The molecule has 86 valence electrons. The van der Waals surface area contributed by atoms with E-state index >= 15 is 0 Å². The SMILES string of the molecule is CN(C)/C=C(\C=O)c1ccc(Br)c(F)c1F. The second-order valence-corrected chi connectivity index (χ2v) is 4.24. The first-order valence-electron chi connectivity index (χ1n) is 4.44. The summed E-state index contributed by atoms with van der Waals surface area (Å²) in [5.41, 5.74) is 0.0401. The summed E-state index contributed by atoms with van der Waals surface area (Å²) in [5, 5.41) is 0. The van der Waals surface area contributed by atoms with Gasteiger partial charge in [0.05, 0.1) is 4.47 Å². The summed E-state index contributed by atoms with van der Waals surface area (Å²) in [6, 6.07) is 2.72. The Labute approximate surface area is 101 Å². The molecule has 0 aliphatic carbocycles. The Morgan fingerprint density at radius 3 is 2.44 bits per heavy atom. The highest BCUT2D eigenvalue weighted by Gasteiger charge is 2.14. The van der Waals surface area contributed by atoms with Gasteiger partial charge in [-0.2, -0.15) is 0 Å². The first kappa shape index (κ1) is 12.8. The van der Waals surface area contributed by atoms with Gasteiger partial charge in [-0.25, -0.2) is 8.78 Å². The largest absolute Gasteiger partial charge is 0.383 e. The van der Waals surface area contributed by atoms with Crippen molar-refractivity contribution in [3.8, 4) is 0 Å². The maximum atomic E-state index is 13.5. The van der Waals surface area contributed by atoms with Crippen LogP contribution in [0.1, 0.15) is 5.56 Å². The lowest BCUT2D eigenvalue weighted by atomic mass is 10.1. The molecule has 0 saturated carbocycles. The van der Waals surface area contributed by atoms with Crippen molar-refractivity contribution < 1.29 is 13.6 Å². The third-order valence-corrected chi connectivity index (χ3v) is 2.48. The molecule has 0 radical (unpaired) electrons. The second kappa shape index (κ2) is 5.21. The maximum absolute atomic E-state index is 13.5. The number of aldehydes is 1. The van der Waals surface area contributed by atoms with E-state index in [4.69, 9.17) is 0 Å². The zero-order chi connectivity index (χ0) is 12.3. The van der Waals surface area contributed by atoms with Crippen molar-refractivity contribution in [2.75, 3.05) is 14.1 Å². The van der Waals surface area contributed by atoms with E-state index in [0.717, 1.165) is 0 Å². The average Bonchev–Trinajstić information content (AvgIpc) is 2.23. The lowest BCUT2D eigenvalue weighted by Crippen LogP contribution is -2.05. The Bertz CT molecular complexity index is 444. The van der Waals surface area contributed by atoms with Crippen molar-refractivity contribution in [3.63, 3.8) is 0 Å². The van der Waals surface area contributed by atoms with Crippen LogP contribution in [0.3, 0.4) is 0 Å². The molecule has 0 saturated heterocycles. The minimum atomic E-state index is -1.03. The van der Waals surface area contributed by atoms with E-state index in [1.165, 1.54) is 18.3 Å². The van der Waals surface area contributed by atoms with Crippen LogP contribution in [0.5, 0.6) is 0 Å². The molecule has 2 nitrogen and oxygen atoms in total. The van der Waals surface area contributed by atoms with Gasteiger partial charge in [-0.15, -0.1) is 0 Å². The standard InChI is InChI=1S/C11H10BrF2NO/c1-15(2)5-7(6-16)8-3-4-9(12)11(14)10(8)13/h3-6H,1-2H3/b7-5+. The topological polar surface area (TPSA) is 20.3 Å². The van der Waals surface area contributed by atoms with Crippen molar-refractivity contribution in [2.45, 2.75) is 0 Å². The van der Waals surface area contributed by atoms with E-state index in [9.17, 15) is 13.6 Å². The number of allylic oxidation sites excluding steroid dienone is 1. The zero-order valence-electron chi connectivity index (χ0n) is 8.80. The summed E-state index contributed by atoms with van der Waals surface area (Å²) in [6.07, 6.45) is 1.92. The highest BCUT2D eigenvalue weighted by atomic mass is 79.9. The molecule has 1 aromatic carbocycles. The molecule has 1 rings (SSSR count). The minimum absolute atomic E-state index is 0.0313. The number of carbonyl (C=O) groups excluding carboxylic acids is 1. The van der Waals surface area contributed by atoms with Gasteiger partial charge < -0.3 is 4.90 Å². The first-order chi connectivity index (χ1) is 7.47. The van der Waals surface area contributed by atoms with Gasteiger partial charge in [-0.3, -0.25) is 4.79 Å². The number of halogens is 3. The van der Waals surface area contributed by atoms with E-state index < -0.39 is 11.6 Å². The van der Waals surface area contributed by atoms with Crippen molar-refractivity contribution in [1.82, 2.24) is 4.90 Å². The monoisotopic (exact) mass is 289 g/mol. The molecular formula is C11H10BrF2NO. The Balaban J connectivity index is 3.32. The van der Waals surface area contributed by atoms with Crippen LogP contribution >= 0.6 is 15.9 Å². The van der Waals surface area contributed by atoms with Crippen molar-refractivity contribution in [3.05, 3.63) is 40.0 Å². The Kier molecular flexibility index (Phi) is 4.18. The van der Waals surface area contributed by atoms with Gasteiger partial charge in [0.2, 0.25) is 0 Å². The predicted octanol–water partition coefficient (Wildman–Crippen LogP) is 2.83. The predicted molar refractivity (Wildman–Crippen MR) is 61.8 cm³/mol. The molecule has 0 aliphatic rings. The summed E-state index contributed by atoms with van der Waals surface area (Å²) in [5.74, 6) is -2.03. The van der Waals surface area contributed by atoms with E-state index in [1.54, 1.807) is 19.0 Å². The molecule has 0 amide bonds. The number of carbonyl (C=O) groups is 1. The molecule has 5 heteroatoms. The summed E-state index contributed by atoms with van der Waals surface area (Å²) >= 11 is 2.87. The van der Waals surface area contributed by atoms with Crippen molar-refractivity contribution in [1.29, 1.82) is 0 Å². The number of rotatable bonds is 3. The normalized spacial score (nSPS) is 11.4. The van der Waals surface area contributed by atoms with Crippen LogP contribution in [-0.4, -0.2) is 25.3 Å². The maximum Gasteiger partial charge on any atom is 0.173 e. The van der Waals surface area contributed by atoms with Gasteiger partial charge in [0, 0.05) is 31.4 Å². The fraction of sp³-hybridized carbons (Fsp3) is 0.182. The molecule has 0 N–H and O–H groups in total. The average molecular weight is 290 g/mol. The Morgan fingerprint density at radius 2 is 1.94 bits per heavy atom. The molecule has 0 spiro atoms. The molecule has 16 heavy (non-hydrogen) atoms. The zero-order valence-corrected chi connectivity index (χ0v) is 10.4. The molecule has 0 aromatic heterocycles. The van der Waals surface area contributed by atoms with Gasteiger partial charge >= 0.3 is 0 Å². The lowest BCUT2D eigenvalue weighted by molar-refractivity contribution is -0.103. The molecule has 0 unspecified atom stereocenters. The summed E-state index contributed by atoms with van der Waals surface area (Å²) in [7, 11) is 3.38. The van der Waals surface area contributed by atoms with Crippen LogP contribution in [0, 0.1) is 11.6 Å². The van der Waals surface area contributed by atoms with Crippen LogP contribution in [0.15, 0.2) is 22.8 Å². The van der Waals surface area contributed by atoms with Gasteiger partial charge in [0.1, 0.15) is 0 Å².